The van der Waals surface area contributed by atoms with Crippen molar-refractivity contribution in [2.45, 2.75) is 225 Å². The van der Waals surface area contributed by atoms with Crippen LogP contribution in [0.2, 0.25) is 0 Å². The molecule has 0 saturated carbocycles. The lowest BCUT2D eigenvalue weighted by molar-refractivity contribution is -0.870. The van der Waals surface area contributed by atoms with Crippen molar-refractivity contribution in [3.05, 3.63) is 24.3 Å². The van der Waals surface area contributed by atoms with Gasteiger partial charge in [-0.2, -0.15) is 0 Å². The van der Waals surface area contributed by atoms with Gasteiger partial charge in [0, 0.05) is 6.42 Å². The zero-order chi connectivity index (χ0) is 40.7. The maximum Gasteiger partial charge on any atom is 0.268 e. The highest BCUT2D eigenvalue weighted by Crippen LogP contribution is 2.38. The molecule has 3 atom stereocenters. The fourth-order valence-corrected chi connectivity index (χ4v) is 7.40. The zero-order valence-corrected chi connectivity index (χ0v) is 37.8. The van der Waals surface area contributed by atoms with Gasteiger partial charge in [-0.3, -0.25) is 9.36 Å². The molecule has 2 N–H and O–H groups in total. The number of unbranched alkanes of at least 4 members (excludes halogenated alkanes) is 27. The van der Waals surface area contributed by atoms with E-state index in [2.05, 4.69) is 31.3 Å². The Morgan fingerprint density at radius 3 is 1.42 bits per heavy atom. The number of phosphoric ester groups is 1. The van der Waals surface area contributed by atoms with Crippen molar-refractivity contribution in [3.63, 3.8) is 0 Å². The molecule has 55 heavy (non-hydrogen) atoms. The number of hydrogen-bond donors (Lipinski definition) is 2. The van der Waals surface area contributed by atoms with Crippen LogP contribution in [0.25, 0.3) is 0 Å². The number of nitrogens with zero attached hydrogens (tertiary/aromatic N) is 1. The Hall–Kier alpha value is -1.02. The molecule has 8 nitrogen and oxygen atoms in total. The number of quaternary nitrogens is 1. The quantitative estimate of drug-likeness (QED) is 0.0276. The van der Waals surface area contributed by atoms with Crippen LogP contribution in [0.1, 0.15) is 213 Å². The number of aliphatic hydroxyl groups is 1. The highest BCUT2D eigenvalue weighted by Gasteiger charge is 2.23. The van der Waals surface area contributed by atoms with Gasteiger partial charge in [-0.05, 0) is 44.9 Å². The SMILES string of the molecule is CCCCCCCC/C=C/C(O)C(COP(=O)([O-])OCC[N+](C)(C)C)NC(=O)CCCCCCCCCCCCCCC/C=C\CCCCCCCCCC. The first-order valence-corrected chi connectivity index (χ1v) is 24.7. The van der Waals surface area contributed by atoms with E-state index in [1.165, 1.54) is 154 Å². The topological polar surface area (TPSA) is 108 Å². The van der Waals surface area contributed by atoms with E-state index in [-0.39, 0.29) is 19.1 Å². The van der Waals surface area contributed by atoms with Crippen LogP contribution in [0, 0.1) is 0 Å². The van der Waals surface area contributed by atoms with Crippen LogP contribution in [0.4, 0.5) is 0 Å². The fraction of sp³-hybridized carbons (Fsp3) is 0.891. The molecule has 9 heteroatoms. The summed E-state index contributed by atoms with van der Waals surface area (Å²) in [5.41, 5.74) is 0. The Morgan fingerprint density at radius 2 is 1.00 bits per heavy atom. The van der Waals surface area contributed by atoms with Gasteiger partial charge in [-0.25, -0.2) is 0 Å². The summed E-state index contributed by atoms with van der Waals surface area (Å²) in [6.07, 6.45) is 45.4. The molecule has 0 radical (unpaired) electrons. The van der Waals surface area contributed by atoms with Crippen LogP contribution in [-0.4, -0.2) is 68.5 Å². The number of phosphoric acid groups is 1. The van der Waals surface area contributed by atoms with Gasteiger partial charge in [0.2, 0.25) is 5.91 Å². The first kappa shape index (κ1) is 54.0. The summed E-state index contributed by atoms with van der Waals surface area (Å²) < 4.78 is 23.1. The third-order valence-electron chi connectivity index (χ3n) is 10.4. The van der Waals surface area contributed by atoms with Gasteiger partial charge >= 0.3 is 0 Å². The summed E-state index contributed by atoms with van der Waals surface area (Å²) in [6, 6.07) is -0.881. The normalized spacial score (nSPS) is 14.5. The molecule has 3 unspecified atom stereocenters. The van der Waals surface area contributed by atoms with Gasteiger partial charge in [-0.15, -0.1) is 0 Å². The molecule has 0 aromatic rings. The van der Waals surface area contributed by atoms with Gasteiger partial charge in [0.05, 0.1) is 39.9 Å². The lowest BCUT2D eigenvalue weighted by Crippen LogP contribution is -2.45. The Balaban J connectivity index is 4.09. The average Bonchev–Trinajstić information content (AvgIpc) is 3.13. The third kappa shape index (κ3) is 41.0. The predicted octanol–water partition coefficient (Wildman–Crippen LogP) is 12.3. The molecule has 0 aliphatic rings. The van der Waals surface area contributed by atoms with Crippen molar-refractivity contribution in [2.24, 2.45) is 0 Å². The first-order valence-electron chi connectivity index (χ1n) is 23.2. The van der Waals surface area contributed by atoms with Crippen LogP contribution >= 0.6 is 7.82 Å². The summed E-state index contributed by atoms with van der Waals surface area (Å²) >= 11 is 0. The Morgan fingerprint density at radius 1 is 0.618 bits per heavy atom. The number of carbonyl (C=O) groups excluding carboxylic acids is 1. The minimum atomic E-state index is -4.58. The smallest absolute Gasteiger partial charge is 0.268 e. The lowest BCUT2D eigenvalue weighted by atomic mass is 10.0. The summed E-state index contributed by atoms with van der Waals surface area (Å²) in [5.74, 6) is -0.200. The lowest BCUT2D eigenvalue weighted by Gasteiger charge is -2.29. The van der Waals surface area contributed by atoms with E-state index >= 15 is 0 Å². The molecule has 0 rings (SSSR count). The largest absolute Gasteiger partial charge is 0.756 e. The van der Waals surface area contributed by atoms with Gasteiger partial charge in [0.15, 0.2) is 0 Å². The highest BCUT2D eigenvalue weighted by molar-refractivity contribution is 7.45. The second-order valence-electron chi connectivity index (χ2n) is 17.1. The Labute approximate surface area is 341 Å². The molecule has 0 spiro atoms. The van der Waals surface area contributed by atoms with Gasteiger partial charge < -0.3 is 28.8 Å². The minimum absolute atomic E-state index is 0.0000762. The number of hydrogen-bond acceptors (Lipinski definition) is 6. The van der Waals surface area contributed by atoms with Crippen molar-refractivity contribution in [3.8, 4) is 0 Å². The number of carbonyl (C=O) groups is 1. The van der Waals surface area contributed by atoms with Gasteiger partial charge in [0.1, 0.15) is 13.2 Å². The Bertz CT molecular complexity index is 953. The number of aliphatic hydroxyl groups excluding tert-OH is 1. The van der Waals surface area contributed by atoms with Crippen molar-refractivity contribution in [1.29, 1.82) is 0 Å². The van der Waals surface area contributed by atoms with Crippen molar-refractivity contribution < 1.29 is 32.9 Å². The van der Waals surface area contributed by atoms with Crippen molar-refractivity contribution in [2.75, 3.05) is 40.9 Å². The standard InChI is InChI=1S/C46H91N2O6P/c1-6-8-10-12-14-16-17-18-19-20-21-22-23-24-25-26-27-28-29-30-31-32-34-36-38-40-46(50)47-44(43-54-55(51,52)53-42-41-48(3,4)5)45(49)39-37-35-33-15-13-11-9-7-2/h20-21,37,39,44-45,49H,6-19,22-36,38,40-43H2,1-5H3,(H-,47,50,51,52)/b21-20-,39-37+. The molecule has 0 fully saturated rings. The first-order chi connectivity index (χ1) is 26.5. The summed E-state index contributed by atoms with van der Waals surface area (Å²) in [4.78, 5) is 25.2. The summed E-state index contributed by atoms with van der Waals surface area (Å²) in [7, 11) is 1.26. The molecule has 0 bridgehead atoms. The molecule has 0 aromatic carbocycles. The van der Waals surface area contributed by atoms with Crippen LogP contribution in [0.3, 0.4) is 0 Å². The molecular formula is C46H91N2O6P. The second-order valence-corrected chi connectivity index (χ2v) is 18.5. The molecular weight excluding hydrogens is 707 g/mol. The summed E-state index contributed by atoms with van der Waals surface area (Å²) in [6.45, 7) is 4.61. The van der Waals surface area contributed by atoms with Gasteiger partial charge in [0.25, 0.3) is 7.82 Å². The fourth-order valence-electron chi connectivity index (χ4n) is 6.68. The Kier molecular flexibility index (Phi) is 37.8. The summed E-state index contributed by atoms with van der Waals surface area (Å²) in [5, 5.41) is 13.7. The average molecular weight is 799 g/mol. The maximum atomic E-state index is 12.8. The molecule has 0 aliphatic heterocycles. The number of nitrogens with one attached hydrogen (secondary N) is 1. The van der Waals surface area contributed by atoms with Crippen molar-refractivity contribution in [1.82, 2.24) is 5.32 Å². The number of amides is 1. The van der Waals surface area contributed by atoms with Crippen LogP contribution in [-0.2, 0) is 18.4 Å². The van der Waals surface area contributed by atoms with E-state index < -0.39 is 20.0 Å². The highest BCUT2D eigenvalue weighted by atomic mass is 31.2. The van der Waals surface area contributed by atoms with E-state index in [1.807, 2.05) is 27.2 Å². The van der Waals surface area contributed by atoms with Crippen molar-refractivity contribution >= 4 is 13.7 Å². The van der Waals surface area contributed by atoms with Crippen LogP contribution in [0.5, 0.6) is 0 Å². The molecule has 0 heterocycles. The van der Waals surface area contributed by atoms with Gasteiger partial charge in [-0.1, -0.05) is 186 Å². The molecule has 326 valence electrons. The zero-order valence-electron chi connectivity index (χ0n) is 36.9. The molecule has 0 saturated heterocycles. The van der Waals surface area contributed by atoms with E-state index in [9.17, 15) is 19.4 Å². The number of likely N-dealkylation sites (N-methyl/N-ethyl adjacent to an activating group) is 1. The van der Waals surface area contributed by atoms with Crippen LogP contribution in [0.15, 0.2) is 24.3 Å². The van der Waals surface area contributed by atoms with E-state index in [0.29, 0.717) is 17.4 Å². The number of rotatable bonds is 42. The second kappa shape index (κ2) is 38.5. The maximum absolute atomic E-state index is 12.8. The van der Waals surface area contributed by atoms with E-state index in [4.69, 9.17) is 9.05 Å². The predicted molar refractivity (Wildman–Crippen MR) is 233 cm³/mol. The minimum Gasteiger partial charge on any atom is -0.756 e. The number of allylic oxidation sites excluding steroid dienone is 3. The third-order valence-corrected chi connectivity index (χ3v) is 11.4. The van der Waals surface area contributed by atoms with E-state index in [1.54, 1.807) is 6.08 Å². The molecule has 1 amide bonds. The molecule has 0 aromatic heterocycles. The monoisotopic (exact) mass is 799 g/mol. The molecule has 0 aliphatic carbocycles. The van der Waals surface area contributed by atoms with Crippen LogP contribution < -0.4 is 10.2 Å². The van der Waals surface area contributed by atoms with E-state index in [0.717, 1.165) is 38.5 Å².